The molecule has 1 unspecified atom stereocenters. The third kappa shape index (κ3) is 2.82. The maximum atomic E-state index is 5.44. The highest BCUT2D eigenvalue weighted by molar-refractivity contribution is 5.06. The molecule has 0 bridgehead atoms. The topological polar surface area (TPSA) is 45.4 Å². The lowest BCUT2D eigenvalue weighted by molar-refractivity contribution is 0.0476. The molecule has 2 aliphatic heterocycles. The first-order valence-corrected chi connectivity index (χ1v) is 9.34. The smallest absolute Gasteiger partial charge is 0.229 e. The minimum Gasteiger partial charge on any atom is -0.339 e. The van der Waals surface area contributed by atoms with Gasteiger partial charge in [-0.3, -0.25) is 4.90 Å². The Kier molecular flexibility index (Phi) is 3.96. The van der Waals surface area contributed by atoms with Crippen LogP contribution in [0.1, 0.15) is 76.0 Å². The third-order valence-corrected chi connectivity index (χ3v) is 6.44. The third-order valence-electron chi connectivity index (χ3n) is 6.44. The van der Waals surface area contributed by atoms with Gasteiger partial charge >= 0.3 is 0 Å². The van der Waals surface area contributed by atoms with Crippen LogP contribution in [-0.2, 0) is 0 Å². The molecule has 0 aromatic carbocycles. The number of rotatable bonds is 3. The first-order chi connectivity index (χ1) is 11.1. The Bertz CT molecular complexity index is 543. The van der Waals surface area contributed by atoms with Gasteiger partial charge in [-0.05, 0) is 57.7 Å². The van der Waals surface area contributed by atoms with Gasteiger partial charge in [0.2, 0.25) is 5.89 Å². The molecule has 5 nitrogen and oxygen atoms in total. The predicted octanol–water partition coefficient (Wildman–Crippen LogP) is 3.20. The molecule has 3 heterocycles. The molecule has 1 aromatic rings. The van der Waals surface area contributed by atoms with Crippen LogP contribution in [0.4, 0.5) is 0 Å². The van der Waals surface area contributed by atoms with E-state index in [1.165, 1.54) is 58.2 Å². The second-order valence-electron chi connectivity index (χ2n) is 8.40. The molecule has 4 rings (SSSR count). The highest BCUT2D eigenvalue weighted by Crippen LogP contribution is 2.48. The summed E-state index contributed by atoms with van der Waals surface area (Å²) in [5.41, 5.74) is 0.471. The van der Waals surface area contributed by atoms with Gasteiger partial charge < -0.3 is 9.42 Å². The van der Waals surface area contributed by atoms with Gasteiger partial charge in [0, 0.05) is 18.5 Å². The Hall–Kier alpha value is -0.940. The second kappa shape index (κ2) is 5.85. The fourth-order valence-corrected chi connectivity index (χ4v) is 4.65. The van der Waals surface area contributed by atoms with Gasteiger partial charge in [-0.1, -0.05) is 25.4 Å². The summed E-state index contributed by atoms with van der Waals surface area (Å²) in [5.74, 6) is 1.98. The van der Waals surface area contributed by atoms with E-state index in [0.717, 1.165) is 17.8 Å². The van der Waals surface area contributed by atoms with Gasteiger partial charge in [0.25, 0.3) is 0 Å². The maximum absolute atomic E-state index is 5.44. The number of piperidine rings is 1. The predicted molar refractivity (Wildman–Crippen MR) is 89.3 cm³/mol. The number of nitrogens with zero attached hydrogens (tertiary/aromatic N) is 4. The van der Waals surface area contributed by atoms with Crippen LogP contribution in [0.3, 0.4) is 0 Å². The molecule has 1 aromatic heterocycles. The van der Waals surface area contributed by atoms with Crippen molar-refractivity contribution in [3.8, 4) is 0 Å². The lowest BCUT2D eigenvalue weighted by atomic mass is 9.75. The molecule has 1 saturated carbocycles. The van der Waals surface area contributed by atoms with Crippen LogP contribution in [-0.4, -0.2) is 52.7 Å². The fraction of sp³-hybridized carbons (Fsp3) is 0.889. The lowest BCUT2D eigenvalue weighted by Gasteiger charge is -2.45. The van der Waals surface area contributed by atoms with E-state index in [1.54, 1.807) is 0 Å². The van der Waals surface area contributed by atoms with Gasteiger partial charge in [-0.25, -0.2) is 0 Å². The average Bonchev–Trinajstić information content (AvgIpc) is 3.05. The van der Waals surface area contributed by atoms with E-state index in [2.05, 4.69) is 40.8 Å². The highest BCUT2D eigenvalue weighted by atomic mass is 16.5. The lowest BCUT2D eigenvalue weighted by Crippen LogP contribution is -2.48. The molecule has 5 heteroatoms. The van der Waals surface area contributed by atoms with Crippen molar-refractivity contribution in [3.05, 3.63) is 11.7 Å². The molecular weight excluding hydrogens is 288 g/mol. The molecule has 23 heavy (non-hydrogen) atoms. The molecule has 0 radical (unpaired) electrons. The Morgan fingerprint density at radius 2 is 1.96 bits per heavy atom. The summed E-state index contributed by atoms with van der Waals surface area (Å²) in [6, 6.07) is 1.23. The number of hydrogen-bond acceptors (Lipinski definition) is 5. The quantitative estimate of drug-likeness (QED) is 0.856. The normalized spacial score (nSPS) is 29.5. The second-order valence-corrected chi connectivity index (χ2v) is 8.40. The standard InChI is InChI=1S/C18H30N4O/c1-13(2)17-19-16(20-23-17)15-11-18(12-21(15)3)7-9-22(10-8-18)14-5-4-6-14/h13-15H,4-12H2,1-3H3. The molecule has 3 fully saturated rings. The molecule has 3 aliphatic rings. The first kappa shape index (κ1) is 15.6. The van der Waals surface area contributed by atoms with Crippen molar-refractivity contribution in [3.63, 3.8) is 0 Å². The van der Waals surface area contributed by atoms with Crippen molar-refractivity contribution in [1.29, 1.82) is 0 Å². The SMILES string of the molecule is CC(C)c1nc(C2CC3(CCN(C4CCC4)CC3)CN2C)no1. The van der Waals surface area contributed by atoms with Gasteiger partial charge in [0.1, 0.15) is 0 Å². The van der Waals surface area contributed by atoms with Crippen molar-refractivity contribution in [2.24, 2.45) is 5.41 Å². The minimum absolute atomic E-state index is 0.308. The van der Waals surface area contributed by atoms with Crippen LogP contribution in [0.5, 0.6) is 0 Å². The van der Waals surface area contributed by atoms with E-state index in [4.69, 9.17) is 4.52 Å². The molecule has 128 valence electrons. The number of aromatic nitrogens is 2. The summed E-state index contributed by atoms with van der Waals surface area (Å²) in [6.07, 6.45) is 8.15. The number of likely N-dealkylation sites (tertiary alicyclic amines) is 2. The van der Waals surface area contributed by atoms with Crippen molar-refractivity contribution in [2.75, 3.05) is 26.7 Å². The molecule has 1 atom stereocenters. The van der Waals surface area contributed by atoms with Gasteiger partial charge in [0.15, 0.2) is 5.82 Å². The zero-order chi connectivity index (χ0) is 16.0. The van der Waals surface area contributed by atoms with E-state index >= 15 is 0 Å². The maximum Gasteiger partial charge on any atom is 0.229 e. The van der Waals surface area contributed by atoms with Gasteiger partial charge in [-0.15, -0.1) is 0 Å². The Labute approximate surface area is 139 Å². The van der Waals surface area contributed by atoms with Gasteiger partial charge in [0.05, 0.1) is 6.04 Å². The minimum atomic E-state index is 0.308. The monoisotopic (exact) mass is 318 g/mol. The molecule has 0 N–H and O–H groups in total. The number of hydrogen-bond donors (Lipinski definition) is 0. The van der Waals surface area contributed by atoms with Gasteiger partial charge in [-0.2, -0.15) is 4.98 Å². The fourth-order valence-electron chi connectivity index (χ4n) is 4.65. The van der Waals surface area contributed by atoms with Crippen LogP contribution in [0.15, 0.2) is 4.52 Å². The van der Waals surface area contributed by atoms with Crippen molar-refractivity contribution >= 4 is 0 Å². The van der Waals surface area contributed by atoms with Crippen molar-refractivity contribution in [1.82, 2.24) is 19.9 Å². The van der Waals surface area contributed by atoms with E-state index < -0.39 is 0 Å². The summed E-state index contributed by atoms with van der Waals surface area (Å²) >= 11 is 0. The van der Waals surface area contributed by atoms with Crippen molar-refractivity contribution < 1.29 is 4.52 Å². The highest BCUT2D eigenvalue weighted by Gasteiger charge is 2.47. The molecule has 2 saturated heterocycles. The largest absolute Gasteiger partial charge is 0.339 e. The van der Waals surface area contributed by atoms with E-state index in [9.17, 15) is 0 Å². The Morgan fingerprint density at radius 1 is 1.22 bits per heavy atom. The zero-order valence-corrected chi connectivity index (χ0v) is 14.8. The Morgan fingerprint density at radius 3 is 2.52 bits per heavy atom. The Balaban J connectivity index is 1.42. The summed E-state index contributed by atoms with van der Waals surface area (Å²) in [4.78, 5) is 9.85. The summed E-state index contributed by atoms with van der Waals surface area (Å²) < 4.78 is 5.44. The van der Waals surface area contributed by atoms with E-state index in [0.29, 0.717) is 17.4 Å². The first-order valence-electron chi connectivity index (χ1n) is 9.34. The van der Waals surface area contributed by atoms with E-state index in [-0.39, 0.29) is 0 Å². The van der Waals surface area contributed by atoms with E-state index in [1.807, 2.05) is 0 Å². The van der Waals surface area contributed by atoms with Crippen LogP contribution >= 0.6 is 0 Å². The van der Waals surface area contributed by atoms with Crippen LogP contribution in [0.25, 0.3) is 0 Å². The summed E-state index contributed by atoms with van der Waals surface area (Å²) in [5, 5.41) is 4.28. The van der Waals surface area contributed by atoms with Crippen LogP contribution in [0, 0.1) is 5.41 Å². The average molecular weight is 318 g/mol. The molecule has 1 spiro atoms. The van der Waals surface area contributed by atoms with Crippen LogP contribution < -0.4 is 0 Å². The molecular formula is C18H30N4O. The molecule has 0 amide bonds. The zero-order valence-electron chi connectivity index (χ0n) is 14.8. The molecule has 1 aliphatic carbocycles. The summed E-state index contributed by atoms with van der Waals surface area (Å²) in [6.45, 7) is 7.96. The van der Waals surface area contributed by atoms with Crippen LogP contribution in [0.2, 0.25) is 0 Å². The summed E-state index contributed by atoms with van der Waals surface area (Å²) in [7, 11) is 2.23. The van der Waals surface area contributed by atoms with Crippen molar-refractivity contribution in [2.45, 2.75) is 70.4 Å².